The molecule has 8 heteroatoms. The Bertz CT molecular complexity index is 449. The highest BCUT2D eigenvalue weighted by molar-refractivity contribution is 7.90. The second-order valence-corrected chi connectivity index (χ2v) is 7.96. The molecule has 1 atom stereocenters. The fourth-order valence-electron chi connectivity index (χ4n) is 1.19. The second kappa shape index (κ2) is 6.92. The van der Waals surface area contributed by atoms with Crippen molar-refractivity contribution >= 4 is 21.9 Å². The maximum atomic E-state index is 11.8. The molecule has 0 aliphatic heterocycles. The Morgan fingerprint density at radius 2 is 1.70 bits per heavy atom. The average Bonchev–Trinajstić information content (AvgIpc) is 2.18. The summed E-state index contributed by atoms with van der Waals surface area (Å²) in [6.45, 7) is 8.48. The summed E-state index contributed by atoms with van der Waals surface area (Å²) in [4.78, 5) is 23.4. The first-order chi connectivity index (χ1) is 8.82. The molecule has 0 aliphatic rings. The molecule has 0 rings (SSSR count). The van der Waals surface area contributed by atoms with Crippen LogP contribution in [-0.2, 0) is 24.1 Å². The van der Waals surface area contributed by atoms with Gasteiger partial charge < -0.3 is 14.8 Å². The number of ether oxygens (including phenoxy) is 2. The van der Waals surface area contributed by atoms with Crippen molar-refractivity contribution in [3.63, 3.8) is 0 Å². The average molecular weight is 309 g/mol. The number of hydrogen-bond acceptors (Lipinski definition) is 6. The van der Waals surface area contributed by atoms with Gasteiger partial charge in [-0.25, -0.2) is 18.0 Å². The summed E-state index contributed by atoms with van der Waals surface area (Å²) >= 11 is 0. The van der Waals surface area contributed by atoms with Crippen molar-refractivity contribution in [1.29, 1.82) is 0 Å². The van der Waals surface area contributed by atoms with E-state index in [0.717, 1.165) is 6.26 Å². The summed E-state index contributed by atoms with van der Waals surface area (Å²) < 4.78 is 31.6. The van der Waals surface area contributed by atoms with E-state index in [-0.39, 0.29) is 5.92 Å². The van der Waals surface area contributed by atoms with E-state index in [9.17, 15) is 18.0 Å². The molecule has 1 amide bonds. The van der Waals surface area contributed by atoms with E-state index in [1.54, 1.807) is 34.6 Å². The molecule has 118 valence electrons. The van der Waals surface area contributed by atoms with Crippen LogP contribution >= 0.6 is 0 Å². The van der Waals surface area contributed by atoms with Crippen LogP contribution in [0.25, 0.3) is 0 Å². The number of amides is 1. The summed E-state index contributed by atoms with van der Waals surface area (Å²) in [7, 11) is -3.42. The summed E-state index contributed by atoms with van der Waals surface area (Å²) in [5.41, 5.74) is -0.692. The third-order valence-corrected chi connectivity index (χ3v) is 2.55. The molecule has 0 bridgehead atoms. The quantitative estimate of drug-likeness (QED) is 0.763. The van der Waals surface area contributed by atoms with Crippen molar-refractivity contribution in [2.45, 2.75) is 46.3 Å². The van der Waals surface area contributed by atoms with Crippen molar-refractivity contribution in [3.8, 4) is 0 Å². The first-order valence-electron chi connectivity index (χ1n) is 6.15. The molecular weight excluding hydrogens is 286 g/mol. The van der Waals surface area contributed by atoms with Gasteiger partial charge in [0.1, 0.15) is 11.6 Å². The highest BCUT2D eigenvalue weighted by Gasteiger charge is 2.28. The molecule has 0 saturated heterocycles. The third kappa shape index (κ3) is 8.73. The number of rotatable bonds is 5. The molecule has 0 aromatic heterocycles. The van der Waals surface area contributed by atoms with Crippen LogP contribution in [0.1, 0.15) is 34.6 Å². The zero-order valence-corrected chi connectivity index (χ0v) is 13.5. The van der Waals surface area contributed by atoms with Crippen molar-refractivity contribution < 1.29 is 27.5 Å². The number of esters is 1. The van der Waals surface area contributed by atoms with Crippen LogP contribution in [0.3, 0.4) is 0 Å². The molecule has 0 aliphatic carbocycles. The van der Waals surface area contributed by atoms with Gasteiger partial charge in [-0.15, -0.1) is 0 Å². The highest BCUT2D eigenvalue weighted by Crippen LogP contribution is 2.09. The molecule has 20 heavy (non-hydrogen) atoms. The number of sulfone groups is 1. The van der Waals surface area contributed by atoms with E-state index in [2.05, 4.69) is 10.1 Å². The van der Waals surface area contributed by atoms with E-state index >= 15 is 0 Å². The normalized spacial score (nSPS) is 13.8. The summed E-state index contributed by atoms with van der Waals surface area (Å²) in [6, 6.07) is -0.966. The van der Waals surface area contributed by atoms with Crippen LogP contribution in [0.15, 0.2) is 0 Å². The predicted molar refractivity (Wildman–Crippen MR) is 73.8 cm³/mol. The van der Waals surface area contributed by atoms with Crippen LogP contribution in [0, 0.1) is 5.92 Å². The summed E-state index contributed by atoms with van der Waals surface area (Å²) in [5, 5.41) is 2.38. The lowest BCUT2D eigenvalue weighted by Gasteiger charge is -2.24. The molecule has 1 N–H and O–H groups in total. The summed E-state index contributed by atoms with van der Waals surface area (Å²) in [6.07, 6.45) is 0.193. The Kier molecular flexibility index (Phi) is 6.46. The van der Waals surface area contributed by atoms with Gasteiger partial charge in [0.2, 0.25) is 0 Å². The minimum atomic E-state index is -3.42. The molecule has 0 unspecified atom stereocenters. The first kappa shape index (κ1) is 18.7. The van der Waals surface area contributed by atoms with Gasteiger partial charge in [0, 0.05) is 6.26 Å². The first-order valence-corrected chi connectivity index (χ1v) is 8.22. The zero-order valence-electron chi connectivity index (χ0n) is 12.7. The number of hydrogen-bond donors (Lipinski definition) is 1. The molecule has 0 aromatic carbocycles. The van der Waals surface area contributed by atoms with Crippen LogP contribution in [0.5, 0.6) is 0 Å². The van der Waals surface area contributed by atoms with Crippen LogP contribution < -0.4 is 5.32 Å². The fourth-order valence-corrected chi connectivity index (χ4v) is 1.52. The molecular formula is C12H23NO6S. The number of carbonyl (C=O) groups is 2. The van der Waals surface area contributed by atoms with Gasteiger partial charge in [-0.05, 0) is 26.7 Å². The molecule has 0 aromatic rings. The van der Waals surface area contributed by atoms with Gasteiger partial charge in [0.15, 0.2) is 15.8 Å². The Morgan fingerprint density at radius 3 is 2.05 bits per heavy atom. The van der Waals surface area contributed by atoms with Crippen LogP contribution in [0.2, 0.25) is 0 Å². The maximum Gasteiger partial charge on any atom is 0.408 e. The molecule has 0 fully saturated rings. The van der Waals surface area contributed by atoms with Gasteiger partial charge >= 0.3 is 12.1 Å². The molecule has 0 spiro atoms. The number of carbonyl (C=O) groups excluding carboxylic acids is 2. The lowest BCUT2D eigenvalue weighted by Crippen LogP contribution is -2.47. The number of nitrogens with one attached hydrogen (secondary N) is 1. The minimum Gasteiger partial charge on any atom is -0.448 e. The second-order valence-electron chi connectivity index (χ2n) is 5.87. The van der Waals surface area contributed by atoms with Crippen molar-refractivity contribution in [2.24, 2.45) is 5.92 Å². The standard InChI is InChI=1S/C12H23NO6S/c1-8(2)9(10(14)18-7-20(6,16)17)13-11(15)19-12(3,4)5/h8-9H,7H2,1-6H3,(H,13,15)/t9-/m0/s1. The Hall–Kier alpha value is -1.31. The van der Waals surface area contributed by atoms with Gasteiger partial charge in [-0.1, -0.05) is 13.8 Å². The van der Waals surface area contributed by atoms with Crippen molar-refractivity contribution in [1.82, 2.24) is 5.32 Å². The smallest absolute Gasteiger partial charge is 0.408 e. The topological polar surface area (TPSA) is 98.8 Å². The van der Waals surface area contributed by atoms with Crippen molar-refractivity contribution in [3.05, 3.63) is 0 Å². The third-order valence-electron chi connectivity index (χ3n) is 2.01. The van der Waals surface area contributed by atoms with E-state index < -0.39 is 39.5 Å². The largest absolute Gasteiger partial charge is 0.448 e. The lowest BCUT2D eigenvalue weighted by molar-refractivity contribution is -0.145. The Labute approximate surface area is 119 Å². The lowest BCUT2D eigenvalue weighted by atomic mass is 10.1. The Morgan fingerprint density at radius 1 is 1.20 bits per heavy atom. The van der Waals surface area contributed by atoms with Gasteiger partial charge in [-0.3, -0.25) is 0 Å². The van der Waals surface area contributed by atoms with Gasteiger partial charge in [-0.2, -0.15) is 0 Å². The fraction of sp³-hybridized carbons (Fsp3) is 0.833. The van der Waals surface area contributed by atoms with Gasteiger partial charge in [0.25, 0.3) is 0 Å². The molecule has 0 heterocycles. The molecule has 7 nitrogen and oxygen atoms in total. The zero-order chi connectivity index (χ0) is 16.1. The molecule has 0 radical (unpaired) electrons. The maximum absolute atomic E-state index is 11.8. The highest BCUT2D eigenvalue weighted by atomic mass is 32.2. The van der Waals surface area contributed by atoms with E-state index in [0.29, 0.717) is 0 Å². The van der Waals surface area contributed by atoms with Crippen LogP contribution in [-0.4, -0.2) is 44.3 Å². The van der Waals surface area contributed by atoms with Crippen molar-refractivity contribution in [2.75, 3.05) is 12.2 Å². The Balaban J connectivity index is 4.65. The monoisotopic (exact) mass is 309 g/mol. The number of alkyl carbamates (subject to hydrolysis) is 1. The minimum absolute atomic E-state index is 0.269. The van der Waals surface area contributed by atoms with E-state index in [4.69, 9.17) is 4.74 Å². The molecule has 0 saturated carbocycles. The summed E-state index contributed by atoms with van der Waals surface area (Å²) in [5.74, 6) is -1.80. The predicted octanol–water partition coefficient (Wildman–Crippen LogP) is 1.08. The van der Waals surface area contributed by atoms with Gasteiger partial charge in [0.05, 0.1) is 0 Å². The SMILES string of the molecule is CC(C)[C@H](NC(=O)OC(C)(C)C)C(=O)OCS(C)(=O)=O. The van der Waals surface area contributed by atoms with Crippen LogP contribution in [0.4, 0.5) is 4.79 Å². The van der Waals surface area contributed by atoms with E-state index in [1.807, 2.05) is 0 Å². The van der Waals surface area contributed by atoms with E-state index in [1.165, 1.54) is 0 Å².